The van der Waals surface area contributed by atoms with Crippen LogP contribution in [0.2, 0.25) is 0 Å². The highest BCUT2D eigenvalue weighted by Gasteiger charge is 2.28. The van der Waals surface area contributed by atoms with Gasteiger partial charge in [0.1, 0.15) is 5.65 Å². The Morgan fingerprint density at radius 1 is 1.23 bits per heavy atom. The molecule has 2 aromatic heterocycles. The van der Waals surface area contributed by atoms with Crippen LogP contribution in [-0.2, 0) is 26.0 Å². The average Bonchev–Trinajstić information content (AvgIpc) is 3.20. The summed E-state index contributed by atoms with van der Waals surface area (Å²) in [4.78, 5) is 16.5. The number of aryl methyl sites for hydroxylation is 1. The number of sulfonamides is 1. The maximum absolute atomic E-state index is 13.1. The Balaban J connectivity index is 1.57. The number of fused-ring (bicyclic) bond motifs is 1. The van der Waals surface area contributed by atoms with Gasteiger partial charge in [-0.1, -0.05) is 6.07 Å². The molecule has 0 radical (unpaired) electrons. The lowest BCUT2D eigenvalue weighted by atomic mass is 10.2. The summed E-state index contributed by atoms with van der Waals surface area (Å²) < 4.78 is 39.5. The number of pyridine rings is 1. The van der Waals surface area contributed by atoms with Crippen LogP contribution in [-0.4, -0.2) is 61.5 Å². The standard InChI is InChI=1S/C21H24N4O5S/c1-15-3-5-17(11-19(15)31(27,28)24-7-9-30-10-8-24)22-12-18-13-23-20-6-4-16(14-25(18)20)21(26)29-2/h3-6,11,13-14,22H,7-10,12H2,1-2H3. The number of imidazole rings is 1. The van der Waals surface area contributed by atoms with Crippen molar-refractivity contribution in [3.63, 3.8) is 0 Å². The first-order chi connectivity index (χ1) is 14.9. The van der Waals surface area contributed by atoms with E-state index in [1.54, 1.807) is 48.0 Å². The molecule has 1 aromatic carbocycles. The van der Waals surface area contributed by atoms with Crippen molar-refractivity contribution in [1.82, 2.24) is 13.7 Å². The molecular weight excluding hydrogens is 420 g/mol. The van der Waals surface area contributed by atoms with Crippen LogP contribution in [0.1, 0.15) is 21.6 Å². The van der Waals surface area contributed by atoms with Crippen molar-refractivity contribution < 1.29 is 22.7 Å². The number of nitrogens with zero attached hydrogens (tertiary/aromatic N) is 3. The zero-order valence-electron chi connectivity index (χ0n) is 17.4. The first-order valence-corrected chi connectivity index (χ1v) is 11.3. The van der Waals surface area contributed by atoms with E-state index >= 15 is 0 Å². The number of anilines is 1. The normalized spacial score (nSPS) is 15.2. The Labute approximate surface area is 180 Å². The monoisotopic (exact) mass is 444 g/mol. The van der Waals surface area contributed by atoms with Crippen molar-refractivity contribution in [3.05, 3.63) is 59.5 Å². The van der Waals surface area contributed by atoms with Gasteiger partial charge >= 0.3 is 5.97 Å². The van der Waals surface area contributed by atoms with Gasteiger partial charge in [0, 0.05) is 25.0 Å². The molecule has 0 spiro atoms. The maximum atomic E-state index is 13.1. The summed E-state index contributed by atoms with van der Waals surface area (Å²) in [5.74, 6) is -0.425. The largest absolute Gasteiger partial charge is 0.465 e. The van der Waals surface area contributed by atoms with Crippen LogP contribution in [0.25, 0.3) is 5.65 Å². The summed E-state index contributed by atoms with van der Waals surface area (Å²) in [5.41, 5.74) is 3.30. The van der Waals surface area contributed by atoms with E-state index in [9.17, 15) is 13.2 Å². The Morgan fingerprint density at radius 2 is 2.00 bits per heavy atom. The minimum atomic E-state index is -3.60. The van der Waals surface area contributed by atoms with Gasteiger partial charge in [0.2, 0.25) is 10.0 Å². The molecule has 164 valence electrons. The van der Waals surface area contributed by atoms with E-state index in [0.29, 0.717) is 55.3 Å². The van der Waals surface area contributed by atoms with E-state index in [1.165, 1.54) is 11.4 Å². The van der Waals surface area contributed by atoms with Crippen LogP contribution in [0, 0.1) is 6.92 Å². The van der Waals surface area contributed by atoms with E-state index in [4.69, 9.17) is 9.47 Å². The number of ether oxygens (including phenoxy) is 2. The summed E-state index contributed by atoms with van der Waals surface area (Å²) in [6.07, 6.45) is 3.39. The molecule has 1 aliphatic rings. The van der Waals surface area contributed by atoms with Crippen molar-refractivity contribution in [2.45, 2.75) is 18.4 Å². The van der Waals surface area contributed by atoms with Crippen LogP contribution in [0.4, 0.5) is 5.69 Å². The number of hydrogen-bond donors (Lipinski definition) is 1. The molecule has 1 fully saturated rings. The number of rotatable bonds is 6. The third-order valence-corrected chi connectivity index (χ3v) is 7.29. The SMILES string of the molecule is COC(=O)c1ccc2ncc(CNc3ccc(C)c(S(=O)(=O)N4CCOCC4)c3)n2c1. The highest BCUT2D eigenvalue weighted by molar-refractivity contribution is 7.89. The Morgan fingerprint density at radius 3 is 2.74 bits per heavy atom. The fourth-order valence-electron chi connectivity index (χ4n) is 3.51. The molecule has 3 heterocycles. The molecule has 10 heteroatoms. The van der Waals surface area contributed by atoms with E-state index in [2.05, 4.69) is 10.3 Å². The van der Waals surface area contributed by atoms with Crippen LogP contribution in [0.15, 0.2) is 47.6 Å². The Bertz CT molecular complexity index is 1220. The first kappa shape index (κ1) is 21.3. The molecular formula is C21H24N4O5S. The second-order valence-corrected chi connectivity index (χ2v) is 9.14. The number of esters is 1. The van der Waals surface area contributed by atoms with E-state index in [-0.39, 0.29) is 4.90 Å². The molecule has 3 aromatic rings. The minimum absolute atomic E-state index is 0.283. The second-order valence-electron chi connectivity index (χ2n) is 7.24. The van der Waals surface area contributed by atoms with Gasteiger partial charge in [-0.2, -0.15) is 4.31 Å². The highest BCUT2D eigenvalue weighted by atomic mass is 32.2. The van der Waals surface area contributed by atoms with E-state index in [1.807, 2.05) is 6.07 Å². The fourth-order valence-corrected chi connectivity index (χ4v) is 5.17. The lowest BCUT2D eigenvalue weighted by molar-refractivity contribution is 0.0600. The summed E-state index contributed by atoms with van der Waals surface area (Å²) in [5, 5.41) is 3.26. The Hall–Kier alpha value is -2.95. The number of carbonyl (C=O) groups is 1. The van der Waals surface area contributed by atoms with Gasteiger partial charge in [-0.3, -0.25) is 0 Å². The van der Waals surface area contributed by atoms with Gasteiger partial charge in [-0.05, 0) is 36.8 Å². The quantitative estimate of drug-likeness (QED) is 0.581. The topological polar surface area (TPSA) is 102 Å². The van der Waals surface area contributed by atoms with Gasteiger partial charge in [-0.25, -0.2) is 18.2 Å². The predicted octanol–water partition coefficient (Wildman–Crippen LogP) is 2.06. The van der Waals surface area contributed by atoms with Crippen LogP contribution in [0.5, 0.6) is 0 Å². The van der Waals surface area contributed by atoms with Crippen molar-refractivity contribution in [2.75, 3.05) is 38.7 Å². The molecule has 9 nitrogen and oxygen atoms in total. The van der Waals surface area contributed by atoms with Gasteiger partial charge in [-0.15, -0.1) is 0 Å². The zero-order valence-corrected chi connectivity index (χ0v) is 18.2. The van der Waals surface area contributed by atoms with Crippen molar-refractivity contribution in [1.29, 1.82) is 0 Å². The number of methoxy groups -OCH3 is 1. The van der Waals surface area contributed by atoms with Crippen molar-refractivity contribution in [2.24, 2.45) is 0 Å². The van der Waals surface area contributed by atoms with E-state index < -0.39 is 16.0 Å². The first-order valence-electron chi connectivity index (χ1n) is 9.87. The average molecular weight is 445 g/mol. The lowest BCUT2D eigenvalue weighted by Crippen LogP contribution is -2.40. The number of nitrogens with one attached hydrogen (secondary N) is 1. The molecule has 0 unspecified atom stereocenters. The molecule has 0 saturated carbocycles. The molecule has 0 aliphatic carbocycles. The van der Waals surface area contributed by atoms with Crippen molar-refractivity contribution in [3.8, 4) is 0 Å². The molecule has 4 rings (SSSR count). The van der Waals surface area contributed by atoms with Crippen LogP contribution < -0.4 is 5.32 Å². The van der Waals surface area contributed by atoms with Crippen molar-refractivity contribution >= 4 is 27.3 Å². The summed E-state index contributed by atoms with van der Waals surface area (Å²) >= 11 is 0. The molecule has 1 N–H and O–H groups in total. The van der Waals surface area contributed by atoms with Crippen LogP contribution >= 0.6 is 0 Å². The van der Waals surface area contributed by atoms with Gasteiger partial charge in [0.05, 0.1) is 49.2 Å². The predicted molar refractivity (Wildman–Crippen MR) is 115 cm³/mol. The number of benzene rings is 1. The number of morpholine rings is 1. The molecule has 1 aliphatic heterocycles. The second kappa shape index (κ2) is 8.66. The molecule has 1 saturated heterocycles. The number of hydrogen-bond acceptors (Lipinski definition) is 7. The highest BCUT2D eigenvalue weighted by Crippen LogP contribution is 2.25. The van der Waals surface area contributed by atoms with E-state index in [0.717, 1.165) is 5.69 Å². The third-order valence-electron chi connectivity index (χ3n) is 5.25. The minimum Gasteiger partial charge on any atom is -0.465 e. The Kier molecular flexibility index (Phi) is 5.94. The molecule has 0 atom stereocenters. The number of aromatic nitrogens is 2. The summed E-state index contributed by atoms with van der Waals surface area (Å²) in [6, 6.07) is 8.70. The summed E-state index contributed by atoms with van der Waals surface area (Å²) in [6.45, 7) is 3.69. The summed E-state index contributed by atoms with van der Waals surface area (Å²) in [7, 11) is -2.26. The molecule has 0 amide bonds. The third kappa shape index (κ3) is 4.27. The zero-order chi connectivity index (χ0) is 22.0. The lowest BCUT2D eigenvalue weighted by Gasteiger charge is -2.27. The maximum Gasteiger partial charge on any atom is 0.339 e. The van der Waals surface area contributed by atoms with Gasteiger partial charge < -0.3 is 19.2 Å². The van der Waals surface area contributed by atoms with Gasteiger partial charge in [0.25, 0.3) is 0 Å². The van der Waals surface area contributed by atoms with Gasteiger partial charge in [0.15, 0.2) is 0 Å². The smallest absolute Gasteiger partial charge is 0.339 e. The fraction of sp³-hybridized carbons (Fsp3) is 0.333. The number of carbonyl (C=O) groups excluding carboxylic acids is 1. The molecule has 0 bridgehead atoms. The van der Waals surface area contributed by atoms with Crippen LogP contribution in [0.3, 0.4) is 0 Å². The molecule has 31 heavy (non-hydrogen) atoms.